The maximum Gasteiger partial charge on any atom is 0.107 e. The monoisotopic (exact) mass is 289 g/mol. The Morgan fingerprint density at radius 1 is 1.56 bits per heavy atom. The molecule has 0 saturated carbocycles. The van der Waals surface area contributed by atoms with Crippen molar-refractivity contribution in [2.24, 2.45) is 11.1 Å². The van der Waals surface area contributed by atoms with Gasteiger partial charge in [0.2, 0.25) is 0 Å². The fourth-order valence-corrected chi connectivity index (χ4v) is 3.25. The summed E-state index contributed by atoms with van der Waals surface area (Å²) in [6.07, 6.45) is 3.24. The van der Waals surface area contributed by atoms with Gasteiger partial charge in [-0.05, 0) is 30.8 Å². The van der Waals surface area contributed by atoms with Crippen LogP contribution in [-0.2, 0) is 6.54 Å². The van der Waals surface area contributed by atoms with Crippen LogP contribution in [0.4, 0.5) is 0 Å². The molecule has 0 spiro atoms. The minimum Gasteiger partial charge on any atom is -0.330 e. The van der Waals surface area contributed by atoms with Gasteiger partial charge in [0.25, 0.3) is 0 Å². The van der Waals surface area contributed by atoms with Crippen molar-refractivity contribution < 1.29 is 0 Å². The fraction of sp³-hybridized carbons (Fsp3) is 0.769. The highest BCUT2D eigenvalue weighted by Crippen LogP contribution is 2.30. The molecule has 0 aliphatic carbocycles. The number of hydrogen-bond acceptors (Lipinski definition) is 4. The first-order valence-corrected chi connectivity index (χ1v) is 7.21. The lowest BCUT2D eigenvalue weighted by Gasteiger charge is -2.21. The molecular formula is C13H24ClN3S. The highest BCUT2D eigenvalue weighted by atomic mass is 35.5. The Morgan fingerprint density at radius 3 is 2.78 bits per heavy atom. The number of thiazole rings is 1. The molecule has 1 atom stereocenters. The Labute approximate surface area is 120 Å². The number of hydrogen-bond donors (Lipinski definition) is 1. The minimum absolute atomic E-state index is 0. The van der Waals surface area contributed by atoms with Crippen LogP contribution in [0, 0.1) is 5.41 Å². The molecule has 1 aromatic heterocycles. The molecule has 2 rings (SSSR count). The zero-order valence-electron chi connectivity index (χ0n) is 11.5. The van der Waals surface area contributed by atoms with Gasteiger partial charge in [0.15, 0.2) is 0 Å². The van der Waals surface area contributed by atoms with Crippen LogP contribution >= 0.6 is 23.7 Å². The van der Waals surface area contributed by atoms with Crippen molar-refractivity contribution in [1.82, 2.24) is 9.88 Å². The molecule has 1 unspecified atom stereocenters. The summed E-state index contributed by atoms with van der Waals surface area (Å²) in [7, 11) is 0. The van der Waals surface area contributed by atoms with Crippen molar-refractivity contribution in [3.05, 3.63) is 16.1 Å². The van der Waals surface area contributed by atoms with Crippen LogP contribution < -0.4 is 5.73 Å². The molecule has 0 bridgehead atoms. The van der Waals surface area contributed by atoms with Gasteiger partial charge < -0.3 is 5.73 Å². The fourth-order valence-electron chi connectivity index (χ4n) is 2.28. The zero-order valence-corrected chi connectivity index (χ0v) is 13.1. The quantitative estimate of drug-likeness (QED) is 0.927. The van der Waals surface area contributed by atoms with Crippen LogP contribution in [0.2, 0.25) is 0 Å². The maximum atomic E-state index is 5.83. The highest BCUT2D eigenvalue weighted by Gasteiger charge is 2.32. The van der Waals surface area contributed by atoms with Gasteiger partial charge in [0, 0.05) is 17.6 Å². The predicted molar refractivity (Wildman–Crippen MR) is 80.5 cm³/mol. The van der Waals surface area contributed by atoms with Crippen LogP contribution in [-0.4, -0.2) is 29.5 Å². The van der Waals surface area contributed by atoms with Crippen LogP contribution in [0.15, 0.2) is 6.20 Å². The van der Waals surface area contributed by atoms with Crippen LogP contribution in [0.1, 0.15) is 43.0 Å². The van der Waals surface area contributed by atoms with E-state index in [1.165, 1.54) is 16.3 Å². The Morgan fingerprint density at radius 2 is 2.28 bits per heavy atom. The van der Waals surface area contributed by atoms with Gasteiger partial charge in [-0.3, -0.25) is 4.90 Å². The molecule has 0 radical (unpaired) electrons. The molecule has 0 aromatic carbocycles. The molecule has 1 aliphatic heterocycles. The first-order valence-electron chi connectivity index (χ1n) is 6.39. The van der Waals surface area contributed by atoms with E-state index < -0.39 is 0 Å². The lowest BCUT2D eigenvalue weighted by molar-refractivity contribution is 0.274. The van der Waals surface area contributed by atoms with Crippen molar-refractivity contribution in [2.45, 2.75) is 39.7 Å². The first-order chi connectivity index (χ1) is 8.02. The number of rotatable bonds is 4. The number of aromatic nitrogens is 1. The van der Waals surface area contributed by atoms with Gasteiger partial charge in [-0.2, -0.15) is 0 Å². The third-order valence-corrected chi connectivity index (χ3v) is 4.91. The van der Waals surface area contributed by atoms with Gasteiger partial charge in [-0.25, -0.2) is 4.98 Å². The Bertz CT molecular complexity index is 380. The SMILES string of the molecule is CC(C)c1cnc(CN2CCC(C)(CN)C2)s1.Cl. The largest absolute Gasteiger partial charge is 0.330 e. The second-order valence-electron chi connectivity index (χ2n) is 5.79. The lowest BCUT2D eigenvalue weighted by atomic mass is 9.90. The van der Waals surface area contributed by atoms with Crippen molar-refractivity contribution in [3.63, 3.8) is 0 Å². The van der Waals surface area contributed by atoms with Crippen molar-refractivity contribution in [2.75, 3.05) is 19.6 Å². The van der Waals surface area contributed by atoms with E-state index in [9.17, 15) is 0 Å². The van der Waals surface area contributed by atoms with Gasteiger partial charge in [0.1, 0.15) is 5.01 Å². The molecule has 104 valence electrons. The number of halogens is 1. The Kier molecular flexibility index (Phi) is 5.59. The molecular weight excluding hydrogens is 266 g/mol. The standard InChI is InChI=1S/C13H23N3S.ClH/c1-10(2)11-6-15-12(17-11)7-16-5-4-13(3,8-14)9-16;/h6,10H,4-5,7-9,14H2,1-3H3;1H. The van der Waals surface area contributed by atoms with E-state index in [0.29, 0.717) is 11.3 Å². The van der Waals surface area contributed by atoms with Gasteiger partial charge >= 0.3 is 0 Å². The van der Waals surface area contributed by atoms with E-state index in [1.54, 1.807) is 0 Å². The smallest absolute Gasteiger partial charge is 0.107 e. The average molecular weight is 290 g/mol. The molecule has 0 amide bonds. The molecule has 5 heteroatoms. The topological polar surface area (TPSA) is 42.2 Å². The summed E-state index contributed by atoms with van der Waals surface area (Å²) < 4.78 is 0. The summed E-state index contributed by atoms with van der Waals surface area (Å²) >= 11 is 1.85. The first kappa shape index (κ1) is 15.9. The summed E-state index contributed by atoms with van der Waals surface area (Å²) in [6.45, 7) is 10.8. The molecule has 18 heavy (non-hydrogen) atoms. The third-order valence-electron chi connectivity index (χ3n) is 3.63. The van der Waals surface area contributed by atoms with E-state index in [4.69, 9.17) is 5.73 Å². The van der Waals surface area contributed by atoms with Gasteiger partial charge in [-0.15, -0.1) is 23.7 Å². The van der Waals surface area contributed by atoms with Crippen molar-refractivity contribution >= 4 is 23.7 Å². The summed E-state index contributed by atoms with van der Waals surface area (Å²) in [4.78, 5) is 8.39. The predicted octanol–water partition coefficient (Wildman–Crippen LogP) is 2.86. The van der Waals surface area contributed by atoms with Gasteiger partial charge in [-0.1, -0.05) is 20.8 Å². The lowest BCUT2D eigenvalue weighted by Crippen LogP contribution is -2.31. The molecule has 3 nitrogen and oxygen atoms in total. The molecule has 2 N–H and O–H groups in total. The van der Waals surface area contributed by atoms with E-state index in [-0.39, 0.29) is 12.4 Å². The van der Waals surface area contributed by atoms with Crippen molar-refractivity contribution in [3.8, 4) is 0 Å². The van der Waals surface area contributed by atoms with E-state index in [0.717, 1.165) is 26.2 Å². The van der Waals surface area contributed by atoms with Crippen molar-refractivity contribution in [1.29, 1.82) is 0 Å². The summed E-state index contributed by atoms with van der Waals surface area (Å²) in [6, 6.07) is 0. The number of nitrogens with zero attached hydrogens (tertiary/aromatic N) is 2. The summed E-state index contributed by atoms with van der Waals surface area (Å²) in [5, 5.41) is 1.25. The molecule has 1 fully saturated rings. The average Bonchev–Trinajstić information content (AvgIpc) is 2.87. The van der Waals surface area contributed by atoms with E-state index in [2.05, 4.69) is 30.7 Å². The van der Waals surface area contributed by atoms with Crippen LogP contribution in [0.25, 0.3) is 0 Å². The van der Waals surface area contributed by atoms with Crippen LogP contribution in [0.3, 0.4) is 0 Å². The Hall–Kier alpha value is -0.160. The normalized spacial score (nSPS) is 24.5. The zero-order chi connectivity index (χ0) is 12.5. The summed E-state index contributed by atoms with van der Waals surface area (Å²) in [5.74, 6) is 0.592. The molecule has 1 aliphatic rings. The van der Waals surface area contributed by atoms with E-state index in [1.807, 2.05) is 17.5 Å². The maximum absolute atomic E-state index is 5.83. The van der Waals surface area contributed by atoms with Crippen LogP contribution in [0.5, 0.6) is 0 Å². The minimum atomic E-state index is 0. The third kappa shape index (κ3) is 3.67. The second-order valence-corrected chi connectivity index (χ2v) is 6.93. The molecule has 1 aromatic rings. The molecule has 2 heterocycles. The highest BCUT2D eigenvalue weighted by molar-refractivity contribution is 7.11. The summed E-state index contributed by atoms with van der Waals surface area (Å²) in [5.41, 5.74) is 6.15. The second kappa shape index (κ2) is 6.33. The van der Waals surface area contributed by atoms with E-state index >= 15 is 0 Å². The Balaban J connectivity index is 0.00000162. The number of nitrogens with two attached hydrogens (primary N) is 1. The number of likely N-dealkylation sites (tertiary alicyclic amines) is 1. The molecule has 1 saturated heterocycles. The van der Waals surface area contributed by atoms with Gasteiger partial charge in [0.05, 0.1) is 6.54 Å².